The average molecular weight is 401 g/mol. The molecule has 28 heavy (non-hydrogen) atoms. The van der Waals surface area contributed by atoms with Crippen molar-refractivity contribution in [3.8, 4) is 17.0 Å². The number of alkyl halides is 3. The summed E-state index contributed by atoms with van der Waals surface area (Å²) in [7, 11) is 1.92. The molecule has 1 aromatic heterocycles. The van der Waals surface area contributed by atoms with Crippen molar-refractivity contribution in [2.75, 3.05) is 26.8 Å². The third-order valence-corrected chi connectivity index (χ3v) is 4.58. The molecular formula is C19H23F4N3O2. The molecule has 9 heteroatoms. The summed E-state index contributed by atoms with van der Waals surface area (Å²) in [4.78, 5) is 2.05. The van der Waals surface area contributed by atoms with Crippen LogP contribution in [0.15, 0.2) is 18.3 Å². The molecular weight excluding hydrogens is 378 g/mol. The predicted octanol–water partition coefficient (Wildman–Crippen LogP) is 4.24. The van der Waals surface area contributed by atoms with Crippen LogP contribution in [0.2, 0.25) is 0 Å². The summed E-state index contributed by atoms with van der Waals surface area (Å²) in [5.74, 6) is -1.85. The molecule has 0 unspecified atom stereocenters. The fourth-order valence-corrected chi connectivity index (χ4v) is 3.00. The van der Waals surface area contributed by atoms with E-state index < -0.39 is 29.4 Å². The Morgan fingerprint density at radius 1 is 1.32 bits per heavy atom. The number of hydrogen-bond donors (Lipinski definition) is 1. The molecule has 1 fully saturated rings. The van der Waals surface area contributed by atoms with Crippen molar-refractivity contribution in [1.82, 2.24) is 15.1 Å². The largest absolute Gasteiger partial charge is 0.482 e. The molecule has 0 radical (unpaired) electrons. The SMILES string of the molecule is CCCCN(C)Cc1cn[nH]c1-c1cc(F)c(OC2COC2)c(C(F)(F)F)c1. The number of rotatable bonds is 8. The minimum atomic E-state index is -4.76. The molecule has 3 rings (SSSR count). The van der Waals surface area contributed by atoms with Gasteiger partial charge in [-0.2, -0.15) is 18.3 Å². The van der Waals surface area contributed by atoms with Crippen molar-refractivity contribution in [1.29, 1.82) is 0 Å². The first-order valence-electron chi connectivity index (χ1n) is 9.16. The molecule has 0 aliphatic carbocycles. The molecule has 1 aliphatic heterocycles. The third kappa shape index (κ3) is 4.64. The van der Waals surface area contributed by atoms with E-state index in [-0.39, 0.29) is 18.8 Å². The van der Waals surface area contributed by atoms with E-state index in [1.807, 2.05) is 11.9 Å². The van der Waals surface area contributed by atoms with Gasteiger partial charge in [0.1, 0.15) is 11.7 Å². The first kappa shape index (κ1) is 20.6. The Hall–Kier alpha value is -2.13. The first-order valence-corrected chi connectivity index (χ1v) is 9.16. The number of halogens is 4. The van der Waals surface area contributed by atoms with Gasteiger partial charge in [0.25, 0.3) is 0 Å². The van der Waals surface area contributed by atoms with Gasteiger partial charge in [0.05, 0.1) is 25.1 Å². The minimum absolute atomic E-state index is 0.0819. The zero-order valence-electron chi connectivity index (χ0n) is 15.8. The van der Waals surface area contributed by atoms with Gasteiger partial charge in [-0.15, -0.1) is 0 Å². The van der Waals surface area contributed by atoms with Crippen LogP contribution >= 0.6 is 0 Å². The molecule has 0 atom stereocenters. The van der Waals surface area contributed by atoms with Crippen LogP contribution < -0.4 is 4.74 Å². The van der Waals surface area contributed by atoms with Gasteiger partial charge in [0.15, 0.2) is 11.6 Å². The van der Waals surface area contributed by atoms with Gasteiger partial charge in [-0.1, -0.05) is 13.3 Å². The summed E-state index contributed by atoms with van der Waals surface area (Å²) >= 11 is 0. The van der Waals surface area contributed by atoms with Gasteiger partial charge in [-0.3, -0.25) is 5.10 Å². The lowest BCUT2D eigenvalue weighted by Crippen LogP contribution is -2.39. The van der Waals surface area contributed by atoms with Gasteiger partial charge < -0.3 is 14.4 Å². The highest BCUT2D eigenvalue weighted by atomic mass is 19.4. The van der Waals surface area contributed by atoms with E-state index in [9.17, 15) is 17.6 Å². The van der Waals surface area contributed by atoms with Crippen LogP contribution in [-0.2, 0) is 17.5 Å². The highest BCUT2D eigenvalue weighted by Crippen LogP contribution is 2.41. The van der Waals surface area contributed by atoms with Crippen LogP contribution in [0.5, 0.6) is 5.75 Å². The number of H-pyrrole nitrogens is 1. The summed E-state index contributed by atoms with van der Waals surface area (Å²) in [5.41, 5.74) is 0.00572. The number of nitrogens with zero attached hydrogens (tertiary/aromatic N) is 2. The Morgan fingerprint density at radius 2 is 2.07 bits per heavy atom. The second kappa shape index (κ2) is 8.48. The summed E-state index contributed by atoms with van der Waals surface area (Å²) in [5, 5.41) is 6.64. The minimum Gasteiger partial charge on any atom is -0.482 e. The molecule has 2 heterocycles. The summed E-state index contributed by atoms with van der Waals surface area (Å²) in [6, 6.07) is 1.95. The number of ether oxygens (including phenoxy) is 2. The lowest BCUT2D eigenvalue weighted by atomic mass is 10.0. The van der Waals surface area contributed by atoms with E-state index in [4.69, 9.17) is 9.47 Å². The normalized spacial score (nSPS) is 15.1. The van der Waals surface area contributed by atoms with Gasteiger partial charge in [0.2, 0.25) is 0 Å². The first-order chi connectivity index (χ1) is 13.3. The second-order valence-corrected chi connectivity index (χ2v) is 6.97. The van der Waals surface area contributed by atoms with E-state index in [1.54, 1.807) is 6.20 Å². The molecule has 1 aliphatic rings. The van der Waals surface area contributed by atoms with E-state index in [1.165, 1.54) is 0 Å². The van der Waals surface area contributed by atoms with Gasteiger partial charge in [-0.05, 0) is 32.1 Å². The summed E-state index contributed by atoms with van der Waals surface area (Å²) in [6.45, 7) is 3.71. The maximum atomic E-state index is 14.6. The molecule has 2 aromatic rings. The number of unbranched alkanes of at least 4 members (excludes halogenated alkanes) is 1. The van der Waals surface area contributed by atoms with Crippen LogP contribution in [0.3, 0.4) is 0 Å². The lowest BCUT2D eigenvalue weighted by Gasteiger charge is -2.28. The zero-order valence-corrected chi connectivity index (χ0v) is 15.8. The van der Waals surface area contributed by atoms with Crippen molar-refractivity contribution >= 4 is 0 Å². The van der Waals surface area contributed by atoms with Crippen LogP contribution in [0.4, 0.5) is 17.6 Å². The number of benzene rings is 1. The third-order valence-electron chi connectivity index (χ3n) is 4.58. The Kier molecular flexibility index (Phi) is 6.24. The van der Waals surface area contributed by atoms with Crippen molar-refractivity contribution in [2.24, 2.45) is 0 Å². The van der Waals surface area contributed by atoms with E-state index in [0.717, 1.165) is 31.5 Å². The van der Waals surface area contributed by atoms with Gasteiger partial charge in [-0.25, -0.2) is 4.39 Å². The highest BCUT2D eigenvalue weighted by Gasteiger charge is 2.38. The molecule has 0 spiro atoms. The van der Waals surface area contributed by atoms with Crippen molar-refractivity contribution in [3.63, 3.8) is 0 Å². The Labute approximate surface area is 160 Å². The van der Waals surface area contributed by atoms with Crippen molar-refractivity contribution in [2.45, 2.75) is 38.6 Å². The fraction of sp³-hybridized carbons (Fsp3) is 0.526. The maximum Gasteiger partial charge on any atom is 0.420 e. The number of aromatic nitrogens is 2. The predicted molar refractivity (Wildman–Crippen MR) is 95.5 cm³/mol. The van der Waals surface area contributed by atoms with Gasteiger partial charge >= 0.3 is 6.18 Å². The molecule has 5 nitrogen and oxygen atoms in total. The summed E-state index contributed by atoms with van der Waals surface area (Å²) < 4.78 is 65.4. The van der Waals surface area contributed by atoms with E-state index in [0.29, 0.717) is 17.8 Å². The summed E-state index contributed by atoms with van der Waals surface area (Å²) in [6.07, 6.45) is -1.73. The Balaban J connectivity index is 1.93. The standard InChI is InChI=1S/C19H23F4N3O2/c1-3-4-5-26(2)9-13-8-24-25-17(13)12-6-15(19(21,22)23)18(16(20)7-12)28-14-10-27-11-14/h6-8,14H,3-5,9-11H2,1-2H3,(H,24,25). The smallest absolute Gasteiger partial charge is 0.420 e. The molecule has 1 aromatic carbocycles. The zero-order chi connectivity index (χ0) is 20.3. The number of hydrogen-bond acceptors (Lipinski definition) is 4. The fourth-order valence-electron chi connectivity index (χ4n) is 3.00. The van der Waals surface area contributed by atoms with Crippen molar-refractivity contribution < 1.29 is 27.0 Å². The number of nitrogens with one attached hydrogen (secondary N) is 1. The quantitative estimate of drug-likeness (QED) is 0.672. The molecule has 1 saturated heterocycles. The highest BCUT2D eigenvalue weighted by molar-refractivity contribution is 5.66. The Bertz CT molecular complexity index is 803. The van der Waals surface area contributed by atoms with E-state index >= 15 is 0 Å². The average Bonchev–Trinajstić information content (AvgIpc) is 3.03. The second-order valence-electron chi connectivity index (χ2n) is 6.97. The molecule has 154 valence electrons. The molecule has 0 amide bonds. The topological polar surface area (TPSA) is 50.4 Å². The van der Waals surface area contributed by atoms with Gasteiger partial charge in [0, 0.05) is 17.7 Å². The van der Waals surface area contributed by atoms with E-state index in [2.05, 4.69) is 17.1 Å². The van der Waals surface area contributed by atoms with Crippen LogP contribution in [-0.4, -0.2) is 48.0 Å². The number of aromatic amines is 1. The van der Waals surface area contributed by atoms with Crippen LogP contribution in [0.1, 0.15) is 30.9 Å². The van der Waals surface area contributed by atoms with Crippen LogP contribution in [0, 0.1) is 5.82 Å². The Morgan fingerprint density at radius 3 is 2.68 bits per heavy atom. The maximum absolute atomic E-state index is 14.6. The lowest BCUT2D eigenvalue weighted by molar-refractivity contribution is -0.142. The monoisotopic (exact) mass is 401 g/mol. The molecule has 0 bridgehead atoms. The molecule has 1 N–H and O–H groups in total. The van der Waals surface area contributed by atoms with Crippen LogP contribution in [0.25, 0.3) is 11.3 Å². The molecule has 0 saturated carbocycles. The van der Waals surface area contributed by atoms with Crippen molar-refractivity contribution in [3.05, 3.63) is 35.3 Å².